The summed E-state index contributed by atoms with van der Waals surface area (Å²) >= 11 is 0. The molecular formula is C7H11NO3S. The predicted molar refractivity (Wildman–Crippen MR) is 43.5 cm³/mol. The van der Waals surface area contributed by atoms with Crippen molar-refractivity contribution >= 4 is 15.6 Å². The maximum atomic E-state index is 11.4. The molecular weight excluding hydrogens is 178 g/mol. The van der Waals surface area contributed by atoms with Crippen LogP contribution in [-0.2, 0) is 14.6 Å². The molecule has 0 aliphatic carbocycles. The van der Waals surface area contributed by atoms with Crippen LogP contribution < -0.4 is 5.32 Å². The zero-order valence-electron chi connectivity index (χ0n) is 6.62. The van der Waals surface area contributed by atoms with Crippen LogP contribution in [0.5, 0.6) is 0 Å². The lowest BCUT2D eigenvalue weighted by atomic mass is 9.91. The maximum absolute atomic E-state index is 11.4. The molecule has 0 spiro atoms. The number of Topliss-reactive ketones (excluding diaryl/α,β-unsaturated/α-hetero) is 1. The average Bonchev–Trinajstić information content (AvgIpc) is 1.92. The number of hydrogen-bond donors (Lipinski definition) is 1. The number of hydrogen-bond acceptors (Lipinski definition) is 4. The molecule has 2 bridgehead atoms. The summed E-state index contributed by atoms with van der Waals surface area (Å²) in [7, 11) is -2.94. The molecule has 0 aromatic heterocycles. The van der Waals surface area contributed by atoms with E-state index in [-0.39, 0.29) is 29.1 Å². The van der Waals surface area contributed by atoms with Gasteiger partial charge >= 0.3 is 0 Å². The first kappa shape index (κ1) is 8.19. The second-order valence-electron chi connectivity index (χ2n) is 3.53. The number of ketones is 1. The van der Waals surface area contributed by atoms with E-state index in [1.54, 1.807) is 0 Å². The number of sulfone groups is 1. The molecule has 0 saturated carbocycles. The Morgan fingerprint density at radius 2 is 1.67 bits per heavy atom. The second kappa shape index (κ2) is 2.53. The summed E-state index contributed by atoms with van der Waals surface area (Å²) in [6, 6.07) is 0. The summed E-state index contributed by atoms with van der Waals surface area (Å²) in [5, 5.41) is 3.07. The lowest BCUT2D eigenvalue weighted by molar-refractivity contribution is -0.127. The van der Waals surface area contributed by atoms with Gasteiger partial charge in [-0.3, -0.25) is 4.79 Å². The molecule has 2 aliphatic rings. The van der Waals surface area contributed by atoms with Gasteiger partial charge in [-0.05, 0) is 0 Å². The Kier molecular flexibility index (Phi) is 1.73. The summed E-state index contributed by atoms with van der Waals surface area (Å²) in [4.78, 5) is 11.4. The van der Waals surface area contributed by atoms with Gasteiger partial charge in [0.25, 0.3) is 0 Å². The van der Waals surface area contributed by atoms with Crippen molar-refractivity contribution in [2.24, 2.45) is 11.8 Å². The number of carbonyl (C=O) groups excluding carboxylic acids is 1. The minimum absolute atomic E-state index is 0.0509. The molecule has 0 aromatic rings. The predicted octanol–water partition coefficient (Wildman–Crippen LogP) is -1.18. The van der Waals surface area contributed by atoms with E-state index in [1.165, 1.54) is 0 Å². The van der Waals surface area contributed by atoms with Crippen LogP contribution in [0.25, 0.3) is 0 Å². The first-order valence-electron chi connectivity index (χ1n) is 4.03. The van der Waals surface area contributed by atoms with E-state index in [4.69, 9.17) is 0 Å². The van der Waals surface area contributed by atoms with Crippen molar-refractivity contribution in [1.29, 1.82) is 0 Å². The fourth-order valence-corrected chi connectivity index (χ4v) is 3.86. The molecule has 0 radical (unpaired) electrons. The SMILES string of the molecule is O=C1C2CNCC1CS(=O)(=O)C2. The number of fused-ring (bicyclic) bond motifs is 2. The molecule has 2 unspecified atom stereocenters. The van der Waals surface area contributed by atoms with Crippen LogP contribution in [0.15, 0.2) is 0 Å². The minimum Gasteiger partial charge on any atom is -0.315 e. The summed E-state index contributed by atoms with van der Waals surface area (Å²) in [5.74, 6) is -0.307. The van der Waals surface area contributed by atoms with Gasteiger partial charge in [0.2, 0.25) is 0 Å². The van der Waals surface area contributed by atoms with Crippen molar-refractivity contribution < 1.29 is 13.2 Å². The Bertz CT molecular complexity index is 287. The third-order valence-electron chi connectivity index (χ3n) is 2.50. The van der Waals surface area contributed by atoms with Crippen molar-refractivity contribution in [2.45, 2.75) is 0 Å². The van der Waals surface area contributed by atoms with Gasteiger partial charge in [-0.25, -0.2) is 8.42 Å². The molecule has 1 N–H and O–H groups in total. The number of piperidine rings is 1. The number of nitrogens with one attached hydrogen (secondary N) is 1. The molecule has 2 fully saturated rings. The van der Waals surface area contributed by atoms with Crippen LogP contribution in [0.4, 0.5) is 0 Å². The van der Waals surface area contributed by atoms with Gasteiger partial charge in [0.1, 0.15) is 5.78 Å². The van der Waals surface area contributed by atoms with E-state index >= 15 is 0 Å². The third-order valence-corrected chi connectivity index (χ3v) is 4.32. The Morgan fingerprint density at radius 1 is 1.17 bits per heavy atom. The minimum atomic E-state index is -2.94. The first-order chi connectivity index (χ1) is 5.58. The molecule has 0 amide bonds. The Hall–Kier alpha value is -0.420. The number of rotatable bonds is 0. The highest BCUT2D eigenvalue weighted by Crippen LogP contribution is 2.22. The van der Waals surface area contributed by atoms with Gasteiger partial charge in [0.15, 0.2) is 9.84 Å². The van der Waals surface area contributed by atoms with E-state index < -0.39 is 9.84 Å². The van der Waals surface area contributed by atoms with Crippen LogP contribution in [0.1, 0.15) is 0 Å². The van der Waals surface area contributed by atoms with Gasteiger partial charge in [-0.15, -0.1) is 0 Å². The van der Waals surface area contributed by atoms with Gasteiger partial charge in [-0.1, -0.05) is 0 Å². The largest absolute Gasteiger partial charge is 0.315 e. The standard InChI is InChI=1S/C7H11NO3S/c9-7-5-1-8-2-6(7)4-12(10,11)3-5/h5-6,8H,1-4H2. The van der Waals surface area contributed by atoms with E-state index in [0.717, 1.165) is 0 Å². The highest BCUT2D eigenvalue weighted by Gasteiger charge is 2.41. The Labute approximate surface area is 71.3 Å². The monoisotopic (exact) mass is 189 g/mol. The third kappa shape index (κ3) is 1.27. The van der Waals surface area contributed by atoms with Crippen LogP contribution in [0.2, 0.25) is 0 Å². The average molecular weight is 189 g/mol. The smallest absolute Gasteiger partial charge is 0.151 e. The summed E-state index contributed by atoms with van der Waals surface area (Å²) in [6.45, 7) is 1.07. The van der Waals surface area contributed by atoms with Crippen molar-refractivity contribution in [3.63, 3.8) is 0 Å². The molecule has 2 saturated heterocycles. The maximum Gasteiger partial charge on any atom is 0.151 e. The Morgan fingerprint density at radius 3 is 2.17 bits per heavy atom. The Balaban J connectivity index is 2.29. The van der Waals surface area contributed by atoms with Crippen molar-refractivity contribution in [1.82, 2.24) is 5.32 Å². The molecule has 68 valence electrons. The van der Waals surface area contributed by atoms with Gasteiger partial charge in [0, 0.05) is 24.9 Å². The van der Waals surface area contributed by atoms with Gasteiger partial charge < -0.3 is 5.32 Å². The van der Waals surface area contributed by atoms with Crippen LogP contribution in [0.3, 0.4) is 0 Å². The van der Waals surface area contributed by atoms with E-state index in [1.807, 2.05) is 0 Å². The molecule has 2 rings (SSSR count). The van der Waals surface area contributed by atoms with E-state index in [0.29, 0.717) is 13.1 Å². The molecule has 0 aromatic carbocycles. The highest BCUT2D eigenvalue weighted by atomic mass is 32.2. The molecule has 4 nitrogen and oxygen atoms in total. The molecule has 5 heteroatoms. The highest BCUT2D eigenvalue weighted by molar-refractivity contribution is 7.91. The van der Waals surface area contributed by atoms with Crippen LogP contribution >= 0.6 is 0 Å². The normalized spacial score (nSPS) is 39.5. The van der Waals surface area contributed by atoms with Crippen molar-refractivity contribution in [3.8, 4) is 0 Å². The topological polar surface area (TPSA) is 63.2 Å². The molecule has 12 heavy (non-hydrogen) atoms. The molecule has 2 atom stereocenters. The quantitative estimate of drug-likeness (QED) is 0.521. The molecule has 2 heterocycles. The number of carbonyl (C=O) groups is 1. The van der Waals surface area contributed by atoms with Gasteiger partial charge in [0.05, 0.1) is 11.5 Å². The van der Waals surface area contributed by atoms with Crippen LogP contribution in [0, 0.1) is 11.8 Å². The van der Waals surface area contributed by atoms with Gasteiger partial charge in [-0.2, -0.15) is 0 Å². The lowest BCUT2D eigenvalue weighted by Gasteiger charge is -2.32. The summed E-state index contributed by atoms with van der Waals surface area (Å²) in [5.41, 5.74) is 0. The zero-order chi connectivity index (χ0) is 8.77. The fraction of sp³-hybridized carbons (Fsp3) is 0.857. The fourth-order valence-electron chi connectivity index (χ4n) is 1.93. The summed E-state index contributed by atoms with van der Waals surface area (Å²) in [6.07, 6.45) is 0. The lowest BCUT2D eigenvalue weighted by Crippen LogP contribution is -2.53. The van der Waals surface area contributed by atoms with Crippen molar-refractivity contribution in [2.75, 3.05) is 24.6 Å². The first-order valence-corrected chi connectivity index (χ1v) is 5.85. The van der Waals surface area contributed by atoms with E-state index in [2.05, 4.69) is 5.32 Å². The summed E-state index contributed by atoms with van der Waals surface area (Å²) < 4.78 is 22.5. The van der Waals surface area contributed by atoms with E-state index in [9.17, 15) is 13.2 Å². The molecule has 2 aliphatic heterocycles. The second-order valence-corrected chi connectivity index (χ2v) is 5.69. The zero-order valence-corrected chi connectivity index (χ0v) is 7.43. The van der Waals surface area contributed by atoms with Crippen molar-refractivity contribution in [3.05, 3.63) is 0 Å². The van der Waals surface area contributed by atoms with Crippen LogP contribution in [-0.4, -0.2) is 38.8 Å².